The molecule has 4 rings (SSSR count). The summed E-state index contributed by atoms with van der Waals surface area (Å²) in [7, 11) is 1.43. The number of amides is 3. The van der Waals surface area contributed by atoms with E-state index in [0.717, 1.165) is 4.90 Å². The summed E-state index contributed by atoms with van der Waals surface area (Å²) in [5.41, 5.74) is -0.322. The van der Waals surface area contributed by atoms with Crippen LogP contribution in [-0.2, 0) is 19.8 Å². The number of aromatic nitrogens is 1. The average Bonchev–Trinajstić information content (AvgIpc) is 3.03. The maximum atomic E-state index is 13.4. The van der Waals surface area contributed by atoms with Gasteiger partial charge in [0.05, 0.1) is 5.41 Å². The summed E-state index contributed by atoms with van der Waals surface area (Å²) < 4.78 is 0. The molecule has 1 aromatic heterocycles. The predicted octanol–water partition coefficient (Wildman–Crippen LogP) is 2.87. The van der Waals surface area contributed by atoms with Crippen molar-refractivity contribution < 1.29 is 19.2 Å². The maximum absolute atomic E-state index is 13.4. The molecule has 0 radical (unpaired) electrons. The number of benzene rings is 1. The minimum absolute atomic E-state index is 0.0386. The monoisotopic (exact) mass is 453 g/mol. The van der Waals surface area contributed by atoms with Gasteiger partial charge in [0.25, 0.3) is 0 Å². The third-order valence-electron chi connectivity index (χ3n) is 6.47. The van der Waals surface area contributed by atoms with Crippen molar-refractivity contribution in [1.29, 1.82) is 0 Å². The van der Waals surface area contributed by atoms with Crippen molar-refractivity contribution in [2.24, 2.45) is 5.92 Å². The number of likely N-dealkylation sites (N-methyl/N-ethyl adjacent to an activating group) is 1. The van der Waals surface area contributed by atoms with E-state index < -0.39 is 11.3 Å². The normalized spacial score (nSPS) is 23.5. The first-order valence-corrected chi connectivity index (χ1v) is 11.0. The van der Waals surface area contributed by atoms with E-state index in [9.17, 15) is 19.2 Å². The van der Waals surface area contributed by atoms with Crippen molar-refractivity contribution in [3.63, 3.8) is 0 Å². The number of Topliss-reactive ketones (excluding diaryl/α,β-unsaturated/α-hetero) is 1. The van der Waals surface area contributed by atoms with Crippen molar-refractivity contribution in [1.82, 2.24) is 14.8 Å². The number of rotatable bonds is 5. The van der Waals surface area contributed by atoms with Gasteiger partial charge in [0.1, 0.15) is 0 Å². The Hall–Kier alpha value is -3.06. The largest absolute Gasteiger partial charge is 0.342 e. The number of ketones is 1. The molecule has 0 aliphatic carbocycles. The van der Waals surface area contributed by atoms with Gasteiger partial charge in [0.2, 0.25) is 17.7 Å². The molecular formula is C24H24ClN3O4. The van der Waals surface area contributed by atoms with Gasteiger partial charge in [-0.1, -0.05) is 29.8 Å². The molecular weight excluding hydrogens is 430 g/mol. The van der Waals surface area contributed by atoms with Gasteiger partial charge >= 0.3 is 0 Å². The van der Waals surface area contributed by atoms with Crippen molar-refractivity contribution >= 4 is 35.1 Å². The number of hydrogen-bond donors (Lipinski definition) is 0. The zero-order valence-corrected chi connectivity index (χ0v) is 18.5. The highest BCUT2D eigenvalue weighted by atomic mass is 35.5. The Morgan fingerprint density at radius 3 is 2.62 bits per heavy atom. The third-order valence-corrected chi connectivity index (χ3v) is 6.80. The number of imide groups is 1. The molecule has 0 bridgehead atoms. The third kappa shape index (κ3) is 3.93. The van der Waals surface area contributed by atoms with Crippen LogP contribution in [0.25, 0.3) is 0 Å². The highest BCUT2D eigenvalue weighted by Crippen LogP contribution is 2.43. The fourth-order valence-electron chi connectivity index (χ4n) is 4.71. The molecule has 166 valence electrons. The summed E-state index contributed by atoms with van der Waals surface area (Å²) in [6, 6.07) is 10.3. The van der Waals surface area contributed by atoms with E-state index in [-0.39, 0.29) is 42.9 Å². The Morgan fingerprint density at radius 2 is 1.97 bits per heavy atom. The fourth-order valence-corrected chi connectivity index (χ4v) is 5.03. The molecule has 0 unspecified atom stereocenters. The molecule has 2 aromatic rings. The van der Waals surface area contributed by atoms with Crippen LogP contribution in [0.3, 0.4) is 0 Å². The number of hydrogen-bond acceptors (Lipinski definition) is 5. The number of nitrogens with zero attached hydrogens (tertiary/aromatic N) is 3. The minimum atomic E-state index is -1.33. The van der Waals surface area contributed by atoms with Crippen LogP contribution < -0.4 is 0 Å². The van der Waals surface area contributed by atoms with Crippen LogP contribution in [0, 0.1) is 5.92 Å². The standard InChI is InChI=1S/C24H24ClN3O4/c1-27-20(29)12-24(23(27)32,18-8-2-3-9-19(18)25)13-21(30)28-11-5-7-17(15-28)22(31)16-6-4-10-26-14-16/h2-4,6,8-10,14,17H,5,7,11-13,15H2,1H3/t17-,24+/m0/s1. The second-order valence-corrected chi connectivity index (χ2v) is 8.87. The van der Waals surface area contributed by atoms with E-state index in [2.05, 4.69) is 4.98 Å². The zero-order chi connectivity index (χ0) is 22.9. The lowest BCUT2D eigenvalue weighted by Gasteiger charge is -2.35. The second-order valence-electron chi connectivity index (χ2n) is 8.46. The van der Waals surface area contributed by atoms with Crippen LogP contribution in [0.2, 0.25) is 5.02 Å². The number of halogens is 1. The van der Waals surface area contributed by atoms with Gasteiger partial charge in [-0.05, 0) is 36.6 Å². The highest BCUT2D eigenvalue weighted by molar-refractivity contribution is 6.32. The van der Waals surface area contributed by atoms with Crippen LogP contribution >= 0.6 is 11.6 Å². The summed E-state index contributed by atoms with van der Waals surface area (Å²) in [4.78, 5) is 58.6. The lowest BCUT2D eigenvalue weighted by Crippen LogP contribution is -2.47. The summed E-state index contributed by atoms with van der Waals surface area (Å²) in [5, 5.41) is 0.347. The average molecular weight is 454 g/mol. The fraction of sp³-hybridized carbons (Fsp3) is 0.375. The lowest BCUT2D eigenvalue weighted by atomic mass is 9.75. The maximum Gasteiger partial charge on any atom is 0.240 e. The molecule has 8 heteroatoms. The quantitative estimate of drug-likeness (QED) is 0.513. The van der Waals surface area contributed by atoms with Crippen molar-refractivity contribution in [3.8, 4) is 0 Å². The molecule has 3 amide bonds. The molecule has 32 heavy (non-hydrogen) atoms. The molecule has 3 heterocycles. The first kappa shape index (κ1) is 22.1. The second kappa shape index (κ2) is 8.82. The smallest absolute Gasteiger partial charge is 0.240 e. The number of carbonyl (C=O) groups is 4. The number of piperidine rings is 1. The molecule has 0 spiro atoms. The summed E-state index contributed by atoms with van der Waals surface area (Å²) in [5.74, 6) is -1.39. The predicted molar refractivity (Wildman–Crippen MR) is 118 cm³/mol. The summed E-state index contributed by atoms with van der Waals surface area (Å²) in [6.45, 7) is 0.787. The molecule has 0 N–H and O–H groups in total. The van der Waals surface area contributed by atoms with E-state index in [1.807, 2.05) is 0 Å². The van der Waals surface area contributed by atoms with Gasteiger partial charge in [0.15, 0.2) is 5.78 Å². The van der Waals surface area contributed by atoms with E-state index in [1.165, 1.54) is 13.2 Å². The van der Waals surface area contributed by atoms with Crippen LogP contribution in [0.1, 0.15) is 41.6 Å². The Morgan fingerprint density at radius 1 is 1.19 bits per heavy atom. The number of carbonyl (C=O) groups excluding carboxylic acids is 4. The highest BCUT2D eigenvalue weighted by Gasteiger charge is 2.53. The molecule has 1 aromatic carbocycles. The zero-order valence-electron chi connectivity index (χ0n) is 17.8. The van der Waals surface area contributed by atoms with Gasteiger partial charge in [-0.25, -0.2) is 0 Å². The van der Waals surface area contributed by atoms with Crippen LogP contribution in [0.5, 0.6) is 0 Å². The number of likely N-dealkylation sites (tertiary alicyclic amines) is 2. The Balaban J connectivity index is 1.58. The Bertz CT molecular complexity index is 1070. The Labute approximate surface area is 191 Å². The van der Waals surface area contributed by atoms with Crippen molar-refractivity contribution in [2.75, 3.05) is 20.1 Å². The van der Waals surface area contributed by atoms with Gasteiger partial charge in [-0.3, -0.25) is 29.1 Å². The topological polar surface area (TPSA) is 87.7 Å². The minimum Gasteiger partial charge on any atom is -0.342 e. The number of pyridine rings is 1. The van der Waals surface area contributed by atoms with Crippen LogP contribution in [0.15, 0.2) is 48.8 Å². The SMILES string of the molecule is CN1C(=O)C[C@@](CC(=O)N2CCC[C@H](C(=O)c3cccnc3)C2)(c2ccccc2Cl)C1=O. The van der Waals surface area contributed by atoms with Gasteiger partial charge in [0, 0.05) is 61.9 Å². The van der Waals surface area contributed by atoms with Gasteiger partial charge < -0.3 is 4.90 Å². The van der Waals surface area contributed by atoms with E-state index in [0.29, 0.717) is 35.5 Å². The summed E-state index contributed by atoms with van der Waals surface area (Å²) in [6.07, 6.45) is 4.25. The van der Waals surface area contributed by atoms with E-state index >= 15 is 0 Å². The first-order valence-electron chi connectivity index (χ1n) is 10.6. The molecule has 2 aliphatic rings. The first-order chi connectivity index (χ1) is 15.3. The molecule has 2 fully saturated rings. The molecule has 2 aliphatic heterocycles. The van der Waals surface area contributed by atoms with Gasteiger partial charge in [-0.15, -0.1) is 0 Å². The van der Waals surface area contributed by atoms with Gasteiger partial charge in [-0.2, -0.15) is 0 Å². The van der Waals surface area contributed by atoms with E-state index in [1.54, 1.807) is 47.5 Å². The Kier molecular flexibility index (Phi) is 6.11. The molecule has 7 nitrogen and oxygen atoms in total. The molecule has 2 atom stereocenters. The summed E-state index contributed by atoms with van der Waals surface area (Å²) >= 11 is 6.40. The molecule has 2 saturated heterocycles. The molecule has 0 saturated carbocycles. The van der Waals surface area contributed by atoms with E-state index in [4.69, 9.17) is 11.6 Å². The lowest BCUT2D eigenvalue weighted by molar-refractivity contribution is -0.142. The van der Waals surface area contributed by atoms with Crippen LogP contribution in [-0.4, -0.2) is 58.4 Å². The van der Waals surface area contributed by atoms with Crippen molar-refractivity contribution in [3.05, 3.63) is 64.9 Å². The van der Waals surface area contributed by atoms with Crippen LogP contribution in [0.4, 0.5) is 0 Å². The van der Waals surface area contributed by atoms with Crippen molar-refractivity contribution in [2.45, 2.75) is 31.1 Å².